The second-order valence-electron chi connectivity index (χ2n) is 8.06. The number of aliphatic hydroxyl groups is 1. The number of ether oxygens (including phenoxy) is 2. The lowest BCUT2D eigenvalue weighted by molar-refractivity contribution is -0.149. The summed E-state index contributed by atoms with van der Waals surface area (Å²) in [5, 5.41) is 13.4. The summed E-state index contributed by atoms with van der Waals surface area (Å²) in [6, 6.07) is 11.9. The zero-order valence-electron chi connectivity index (χ0n) is 17.0. The lowest BCUT2D eigenvalue weighted by Gasteiger charge is -2.30. The number of furan rings is 1. The molecule has 1 aromatic carbocycles. The van der Waals surface area contributed by atoms with Crippen LogP contribution >= 0.6 is 11.3 Å². The van der Waals surface area contributed by atoms with E-state index in [1.807, 2.05) is 35.7 Å². The number of nitrogens with zero attached hydrogens (tertiary/aromatic N) is 1. The van der Waals surface area contributed by atoms with Crippen LogP contribution in [0.4, 0.5) is 0 Å². The van der Waals surface area contributed by atoms with Crippen molar-refractivity contribution < 1.29 is 28.6 Å². The van der Waals surface area contributed by atoms with Crippen molar-refractivity contribution in [2.45, 2.75) is 38.3 Å². The molecule has 1 amide bonds. The highest BCUT2D eigenvalue weighted by molar-refractivity contribution is 7.09. The minimum absolute atomic E-state index is 0.0214. The molecule has 2 aliphatic rings. The normalized spacial score (nSPS) is 23.3. The molecular formula is C23H21NO6S. The van der Waals surface area contributed by atoms with Gasteiger partial charge in [-0.2, -0.15) is 0 Å². The Morgan fingerprint density at radius 3 is 2.74 bits per heavy atom. The van der Waals surface area contributed by atoms with Gasteiger partial charge in [-0.25, -0.2) is 0 Å². The van der Waals surface area contributed by atoms with Crippen molar-refractivity contribution in [3.8, 4) is 0 Å². The van der Waals surface area contributed by atoms with Gasteiger partial charge in [0.25, 0.3) is 5.91 Å². The van der Waals surface area contributed by atoms with Crippen molar-refractivity contribution in [2.24, 2.45) is 0 Å². The average Bonchev–Trinajstić information content (AvgIpc) is 3.51. The molecule has 0 aliphatic carbocycles. The Balaban J connectivity index is 1.55. The quantitative estimate of drug-likeness (QED) is 0.604. The van der Waals surface area contributed by atoms with Gasteiger partial charge in [-0.15, -0.1) is 11.3 Å². The number of aliphatic hydroxyl groups excluding tert-OH is 1. The number of thiophene rings is 1. The lowest BCUT2D eigenvalue weighted by atomic mass is 9.97. The molecule has 2 aliphatic heterocycles. The Bertz CT molecular complexity index is 1160. The number of benzene rings is 1. The molecule has 2 aromatic heterocycles. The monoisotopic (exact) mass is 439 g/mol. The maximum Gasteiger partial charge on any atom is 0.290 e. The van der Waals surface area contributed by atoms with Gasteiger partial charge in [-0.05, 0) is 37.4 Å². The van der Waals surface area contributed by atoms with E-state index < -0.39 is 35.4 Å². The van der Waals surface area contributed by atoms with Crippen LogP contribution < -0.4 is 0 Å². The molecular weight excluding hydrogens is 418 g/mol. The standard InChI is InChI=1S/C23H21NO6S/c1-23(2)28-12-17(30-23)19-18(20(25)16-10-13-6-3-4-8-15(13)29-16)21(26)22(27)24(19)11-14-7-5-9-31-14/h3-10,17,19,26H,11-12H2,1-2H3. The molecule has 4 heterocycles. The first-order valence-corrected chi connectivity index (χ1v) is 10.8. The minimum atomic E-state index is -0.853. The number of amides is 1. The molecule has 0 bridgehead atoms. The van der Waals surface area contributed by atoms with E-state index in [4.69, 9.17) is 13.9 Å². The van der Waals surface area contributed by atoms with Crippen LogP contribution in [0, 0.1) is 0 Å². The molecule has 0 radical (unpaired) electrons. The Hall–Kier alpha value is -2.94. The molecule has 160 valence electrons. The Morgan fingerprint density at radius 1 is 1.26 bits per heavy atom. The van der Waals surface area contributed by atoms with E-state index in [0.717, 1.165) is 10.3 Å². The molecule has 1 fully saturated rings. The van der Waals surface area contributed by atoms with Gasteiger partial charge in [0.1, 0.15) is 11.7 Å². The number of fused-ring (bicyclic) bond motifs is 1. The van der Waals surface area contributed by atoms with Crippen molar-refractivity contribution in [1.29, 1.82) is 0 Å². The highest BCUT2D eigenvalue weighted by Crippen LogP contribution is 2.37. The van der Waals surface area contributed by atoms with Crippen molar-refractivity contribution in [1.82, 2.24) is 4.90 Å². The molecule has 5 rings (SSSR count). The topological polar surface area (TPSA) is 89.2 Å². The highest BCUT2D eigenvalue weighted by Gasteiger charge is 2.51. The van der Waals surface area contributed by atoms with E-state index in [9.17, 15) is 14.7 Å². The van der Waals surface area contributed by atoms with Crippen LogP contribution in [0.3, 0.4) is 0 Å². The number of para-hydroxylation sites is 1. The third-order valence-corrected chi connectivity index (χ3v) is 6.39. The molecule has 0 spiro atoms. The average molecular weight is 439 g/mol. The second-order valence-corrected chi connectivity index (χ2v) is 9.10. The van der Waals surface area contributed by atoms with E-state index in [0.29, 0.717) is 5.58 Å². The molecule has 1 saturated heterocycles. The van der Waals surface area contributed by atoms with Crippen LogP contribution in [0.25, 0.3) is 11.0 Å². The summed E-state index contributed by atoms with van der Waals surface area (Å²) in [6.45, 7) is 3.99. The number of Topliss-reactive ketones (excluding diaryl/α,β-unsaturated/α-hetero) is 1. The summed E-state index contributed by atoms with van der Waals surface area (Å²) in [4.78, 5) is 28.9. The largest absolute Gasteiger partial charge is 0.503 e. The van der Waals surface area contributed by atoms with E-state index in [1.165, 1.54) is 16.2 Å². The zero-order valence-corrected chi connectivity index (χ0v) is 17.8. The number of ketones is 1. The van der Waals surface area contributed by atoms with Crippen LogP contribution in [-0.2, 0) is 20.8 Å². The van der Waals surface area contributed by atoms with Gasteiger partial charge in [-0.3, -0.25) is 9.59 Å². The molecule has 7 nitrogen and oxygen atoms in total. The number of carbonyl (C=O) groups excluding carboxylic acids is 2. The number of carbonyl (C=O) groups is 2. The van der Waals surface area contributed by atoms with E-state index >= 15 is 0 Å². The molecule has 0 saturated carbocycles. The summed E-state index contributed by atoms with van der Waals surface area (Å²) in [5.74, 6) is -2.49. The first-order chi connectivity index (χ1) is 14.8. The highest BCUT2D eigenvalue weighted by atomic mass is 32.1. The smallest absolute Gasteiger partial charge is 0.290 e. The summed E-state index contributed by atoms with van der Waals surface area (Å²) < 4.78 is 17.4. The fraction of sp³-hybridized carbons (Fsp3) is 0.304. The van der Waals surface area contributed by atoms with Gasteiger partial charge in [0.05, 0.1) is 24.8 Å². The van der Waals surface area contributed by atoms with E-state index in [-0.39, 0.29) is 24.5 Å². The van der Waals surface area contributed by atoms with Crippen molar-refractivity contribution >= 4 is 34.0 Å². The van der Waals surface area contributed by atoms with Gasteiger partial charge in [0.2, 0.25) is 5.78 Å². The van der Waals surface area contributed by atoms with Gasteiger partial charge in [0, 0.05) is 10.3 Å². The fourth-order valence-corrected chi connectivity index (χ4v) is 4.84. The first-order valence-electron chi connectivity index (χ1n) is 9.95. The summed E-state index contributed by atoms with van der Waals surface area (Å²) >= 11 is 1.50. The number of hydrogen-bond acceptors (Lipinski definition) is 7. The maximum atomic E-state index is 13.5. The molecule has 2 atom stereocenters. The SMILES string of the molecule is CC1(C)OCC(C2C(C(=O)c3cc4ccccc4o3)=C(O)C(=O)N2Cc2cccs2)O1. The third kappa shape index (κ3) is 3.46. The van der Waals surface area contributed by atoms with Gasteiger partial charge >= 0.3 is 0 Å². The second kappa shape index (κ2) is 7.33. The van der Waals surface area contributed by atoms with Crippen LogP contribution in [0.1, 0.15) is 29.3 Å². The van der Waals surface area contributed by atoms with Crippen molar-refractivity contribution in [3.05, 3.63) is 69.8 Å². The predicted molar refractivity (Wildman–Crippen MR) is 114 cm³/mol. The zero-order chi connectivity index (χ0) is 21.8. The lowest BCUT2D eigenvalue weighted by Crippen LogP contribution is -2.45. The van der Waals surface area contributed by atoms with Crippen LogP contribution in [0.15, 0.2) is 63.6 Å². The summed E-state index contributed by atoms with van der Waals surface area (Å²) in [5.41, 5.74) is 0.538. The molecule has 31 heavy (non-hydrogen) atoms. The summed E-state index contributed by atoms with van der Waals surface area (Å²) in [6.07, 6.45) is -0.605. The maximum absolute atomic E-state index is 13.5. The van der Waals surface area contributed by atoms with Gasteiger partial charge < -0.3 is 23.9 Å². The van der Waals surface area contributed by atoms with Crippen LogP contribution in [0.5, 0.6) is 0 Å². The van der Waals surface area contributed by atoms with Crippen LogP contribution in [-0.4, -0.2) is 46.2 Å². The van der Waals surface area contributed by atoms with E-state index in [2.05, 4.69) is 0 Å². The first kappa shape index (κ1) is 20.0. The molecule has 2 unspecified atom stereocenters. The Morgan fingerprint density at radius 2 is 2.06 bits per heavy atom. The number of rotatable bonds is 5. The molecule has 8 heteroatoms. The Kier molecular flexibility index (Phi) is 4.73. The van der Waals surface area contributed by atoms with Crippen molar-refractivity contribution in [2.75, 3.05) is 6.61 Å². The predicted octanol–water partition coefficient (Wildman–Crippen LogP) is 4.05. The van der Waals surface area contributed by atoms with Gasteiger partial charge in [0.15, 0.2) is 17.3 Å². The fourth-order valence-electron chi connectivity index (χ4n) is 4.14. The summed E-state index contributed by atoms with van der Waals surface area (Å²) in [7, 11) is 0. The minimum Gasteiger partial charge on any atom is -0.503 e. The van der Waals surface area contributed by atoms with Crippen molar-refractivity contribution in [3.63, 3.8) is 0 Å². The van der Waals surface area contributed by atoms with E-state index in [1.54, 1.807) is 26.0 Å². The van der Waals surface area contributed by atoms with Gasteiger partial charge in [-0.1, -0.05) is 24.3 Å². The third-order valence-electron chi connectivity index (χ3n) is 5.53. The molecule has 1 N–H and O–H groups in total. The Labute approximate surface area is 182 Å². The number of hydrogen-bond donors (Lipinski definition) is 1. The molecule has 3 aromatic rings. The van der Waals surface area contributed by atoms with Crippen LogP contribution in [0.2, 0.25) is 0 Å².